The molecule has 2 aromatic carbocycles. The van der Waals surface area contributed by atoms with E-state index < -0.39 is 11.9 Å². The largest absolute Gasteiger partial charge is 0.507 e. The van der Waals surface area contributed by atoms with Crippen LogP contribution in [0.15, 0.2) is 42.5 Å². The molecule has 0 heterocycles. The Labute approximate surface area is 119 Å². The van der Waals surface area contributed by atoms with Crippen LogP contribution in [0.5, 0.6) is 5.75 Å². The van der Waals surface area contributed by atoms with Crippen LogP contribution in [0.2, 0.25) is 5.02 Å². The third-order valence-corrected chi connectivity index (χ3v) is 2.84. The Kier molecular flexibility index (Phi) is 3.91. The van der Waals surface area contributed by atoms with Gasteiger partial charge in [0.2, 0.25) is 0 Å². The smallest absolute Gasteiger partial charge is 0.337 e. The minimum atomic E-state index is -1.21. The number of aromatic carboxylic acids is 1. The number of para-hydroxylation sites is 1. The zero-order valence-corrected chi connectivity index (χ0v) is 10.9. The van der Waals surface area contributed by atoms with Crippen molar-refractivity contribution in [3.8, 4) is 5.75 Å². The predicted molar refractivity (Wildman–Crippen MR) is 74.5 cm³/mol. The predicted octanol–water partition coefficient (Wildman–Crippen LogP) is 3.00. The summed E-state index contributed by atoms with van der Waals surface area (Å²) in [5, 5.41) is 21.3. The molecule has 2 aromatic rings. The number of carboxylic acid groups (broad SMARTS) is 1. The van der Waals surface area contributed by atoms with Gasteiger partial charge in [-0.2, -0.15) is 0 Å². The van der Waals surface area contributed by atoms with Crippen molar-refractivity contribution in [3.05, 3.63) is 58.6 Å². The monoisotopic (exact) mass is 291 g/mol. The zero-order chi connectivity index (χ0) is 14.7. The van der Waals surface area contributed by atoms with Crippen molar-refractivity contribution in [1.29, 1.82) is 0 Å². The number of carboxylic acids is 1. The number of benzene rings is 2. The Hall–Kier alpha value is -2.53. The summed E-state index contributed by atoms with van der Waals surface area (Å²) in [5.74, 6) is -2.00. The van der Waals surface area contributed by atoms with Crippen molar-refractivity contribution in [2.24, 2.45) is 0 Å². The van der Waals surface area contributed by atoms with Gasteiger partial charge in [0.15, 0.2) is 0 Å². The van der Waals surface area contributed by atoms with E-state index in [4.69, 9.17) is 16.7 Å². The van der Waals surface area contributed by atoms with Gasteiger partial charge < -0.3 is 15.5 Å². The number of aromatic hydroxyl groups is 1. The molecule has 0 aliphatic heterocycles. The number of halogens is 1. The summed E-state index contributed by atoms with van der Waals surface area (Å²) in [6.07, 6.45) is 0. The van der Waals surface area contributed by atoms with Gasteiger partial charge in [0.05, 0.1) is 16.8 Å². The van der Waals surface area contributed by atoms with Crippen LogP contribution in [0.3, 0.4) is 0 Å². The molecule has 0 radical (unpaired) electrons. The maximum absolute atomic E-state index is 12.0. The van der Waals surface area contributed by atoms with Crippen molar-refractivity contribution < 1.29 is 19.8 Å². The first-order valence-corrected chi connectivity index (χ1v) is 5.99. The highest BCUT2D eigenvalue weighted by Crippen LogP contribution is 2.23. The van der Waals surface area contributed by atoms with Gasteiger partial charge in [-0.05, 0) is 30.3 Å². The van der Waals surface area contributed by atoms with E-state index in [0.717, 1.165) is 0 Å². The summed E-state index contributed by atoms with van der Waals surface area (Å²) in [6, 6.07) is 10.1. The van der Waals surface area contributed by atoms with Gasteiger partial charge in [-0.25, -0.2) is 4.79 Å². The summed E-state index contributed by atoms with van der Waals surface area (Å²) in [6.45, 7) is 0. The number of nitrogens with one attached hydrogen (secondary N) is 1. The minimum Gasteiger partial charge on any atom is -0.507 e. The first-order valence-electron chi connectivity index (χ1n) is 5.61. The Balaban J connectivity index is 2.33. The summed E-state index contributed by atoms with van der Waals surface area (Å²) >= 11 is 5.72. The molecule has 1 amide bonds. The van der Waals surface area contributed by atoms with Crippen molar-refractivity contribution in [2.45, 2.75) is 0 Å². The fourth-order valence-electron chi connectivity index (χ4n) is 1.66. The van der Waals surface area contributed by atoms with Gasteiger partial charge >= 0.3 is 5.97 Å². The summed E-state index contributed by atoms with van der Waals surface area (Å²) < 4.78 is 0. The molecule has 3 N–H and O–H groups in total. The number of carbonyl (C=O) groups is 2. The second kappa shape index (κ2) is 5.63. The molecule has 0 saturated carbocycles. The SMILES string of the molecule is O=C(Nc1ccc(Cl)cc1C(=O)O)c1ccccc1O. The van der Waals surface area contributed by atoms with Crippen LogP contribution in [0.1, 0.15) is 20.7 Å². The minimum absolute atomic E-state index is 0.0544. The Bertz CT molecular complexity index is 685. The van der Waals surface area contributed by atoms with E-state index in [2.05, 4.69) is 5.32 Å². The van der Waals surface area contributed by atoms with Gasteiger partial charge in [-0.1, -0.05) is 23.7 Å². The molecule has 0 bridgehead atoms. The topological polar surface area (TPSA) is 86.6 Å². The molecule has 102 valence electrons. The van der Waals surface area contributed by atoms with Crippen LogP contribution in [0, 0.1) is 0 Å². The molecule has 20 heavy (non-hydrogen) atoms. The molecule has 0 aromatic heterocycles. The number of carbonyl (C=O) groups excluding carboxylic acids is 1. The third kappa shape index (κ3) is 2.89. The molecule has 0 fully saturated rings. The van der Waals surface area contributed by atoms with Crippen LogP contribution in [0.4, 0.5) is 5.69 Å². The lowest BCUT2D eigenvalue weighted by Crippen LogP contribution is -2.14. The van der Waals surface area contributed by atoms with E-state index in [-0.39, 0.29) is 27.6 Å². The van der Waals surface area contributed by atoms with Gasteiger partial charge in [-0.15, -0.1) is 0 Å². The third-order valence-electron chi connectivity index (χ3n) is 2.61. The highest BCUT2D eigenvalue weighted by Gasteiger charge is 2.15. The molecule has 2 rings (SSSR count). The number of hydrogen-bond donors (Lipinski definition) is 3. The fraction of sp³-hybridized carbons (Fsp3) is 0. The van der Waals surface area contributed by atoms with Crippen LogP contribution in [-0.2, 0) is 0 Å². The molecule has 0 aliphatic rings. The molecule has 0 unspecified atom stereocenters. The lowest BCUT2D eigenvalue weighted by Gasteiger charge is -2.09. The fourth-order valence-corrected chi connectivity index (χ4v) is 1.83. The van der Waals surface area contributed by atoms with E-state index in [1.165, 1.54) is 30.3 Å². The number of rotatable bonds is 3. The highest BCUT2D eigenvalue weighted by molar-refractivity contribution is 6.31. The molecule has 0 atom stereocenters. The number of hydrogen-bond acceptors (Lipinski definition) is 3. The quantitative estimate of drug-likeness (QED) is 0.811. The number of amides is 1. The maximum atomic E-state index is 12.0. The van der Waals surface area contributed by atoms with Crippen molar-refractivity contribution in [2.75, 3.05) is 5.32 Å². The van der Waals surface area contributed by atoms with Gasteiger partial charge in [0, 0.05) is 5.02 Å². The molecule has 6 heteroatoms. The second-order valence-electron chi connectivity index (χ2n) is 3.97. The van der Waals surface area contributed by atoms with Crippen LogP contribution >= 0.6 is 11.6 Å². The second-order valence-corrected chi connectivity index (χ2v) is 4.40. The first kappa shape index (κ1) is 13.9. The van der Waals surface area contributed by atoms with Crippen LogP contribution in [-0.4, -0.2) is 22.1 Å². The average Bonchev–Trinajstić information content (AvgIpc) is 2.41. The number of phenolic OH excluding ortho intramolecular Hbond substituents is 1. The van der Waals surface area contributed by atoms with E-state index in [1.54, 1.807) is 12.1 Å². The number of anilines is 1. The van der Waals surface area contributed by atoms with Crippen LogP contribution in [0.25, 0.3) is 0 Å². The van der Waals surface area contributed by atoms with Gasteiger partial charge in [-0.3, -0.25) is 4.79 Å². The van der Waals surface area contributed by atoms with Crippen LogP contribution < -0.4 is 5.32 Å². The molecule has 0 spiro atoms. The zero-order valence-electron chi connectivity index (χ0n) is 10.1. The lowest BCUT2D eigenvalue weighted by molar-refractivity contribution is 0.0698. The normalized spacial score (nSPS) is 10.1. The Morgan fingerprint density at radius 1 is 1.05 bits per heavy atom. The Morgan fingerprint density at radius 2 is 1.75 bits per heavy atom. The van der Waals surface area contributed by atoms with Crippen molar-refractivity contribution >= 4 is 29.2 Å². The Morgan fingerprint density at radius 3 is 2.40 bits per heavy atom. The van der Waals surface area contributed by atoms with Crippen molar-refractivity contribution in [1.82, 2.24) is 0 Å². The average molecular weight is 292 g/mol. The van der Waals surface area contributed by atoms with E-state index in [1.807, 2.05) is 0 Å². The molecular weight excluding hydrogens is 282 g/mol. The van der Waals surface area contributed by atoms with E-state index in [9.17, 15) is 14.7 Å². The maximum Gasteiger partial charge on any atom is 0.337 e. The molecule has 0 aliphatic carbocycles. The summed E-state index contributed by atoms with van der Waals surface area (Å²) in [5.41, 5.74) is 0.0372. The summed E-state index contributed by atoms with van der Waals surface area (Å²) in [4.78, 5) is 23.1. The highest BCUT2D eigenvalue weighted by atomic mass is 35.5. The first-order chi connectivity index (χ1) is 9.49. The van der Waals surface area contributed by atoms with Gasteiger partial charge in [0.25, 0.3) is 5.91 Å². The van der Waals surface area contributed by atoms with Crippen molar-refractivity contribution in [3.63, 3.8) is 0 Å². The van der Waals surface area contributed by atoms with E-state index in [0.29, 0.717) is 0 Å². The summed E-state index contributed by atoms with van der Waals surface area (Å²) in [7, 11) is 0. The number of phenols is 1. The van der Waals surface area contributed by atoms with Gasteiger partial charge in [0.1, 0.15) is 5.75 Å². The lowest BCUT2D eigenvalue weighted by atomic mass is 10.1. The molecule has 0 saturated heterocycles. The molecular formula is C14H10ClNO4. The van der Waals surface area contributed by atoms with E-state index >= 15 is 0 Å². The standard InChI is InChI=1S/C14H10ClNO4/c15-8-5-6-11(10(7-8)14(19)20)16-13(18)9-3-1-2-4-12(9)17/h1-7,17H,(H,16,18)(H,19,20). The molecule has 5 nitrogen and oxygen atoms in total.